The lowest BCUT2D eigenvalue weighted by atomic mass is 9.93. The van der Waals surface area contributed by atoms with Gasteiger partial charge >= 0.3 is 0 Å². The standard InChI is InChI=1S/C12H14O/c13-9-12-4-2-1-3-11(12)8-7-10-5-6-10/h9-10H,1-6H2. The van der Waals surface area contributed by atoms with Gasteiger partial charge in [0.15, 0.2) is 0 Å². The molecule has 0 radical (unpaired) electrons. The van der Waals surface area contributed by atoms with Crippen molar-refractivity contribution in [2.75, 3.05) is 0 Å². The van der Waals surface area contributed by atoms with Crippen molar-refractivity contribution in [3.05, 3.63) is 11.1 Å². The lowest BCUT2D eigenvalue weighted by Gasteiger charge is -2.11. The van der Waals surface area contributed by atoms with Gasteiger partial charge in [-0.1, -0.05) is 11.8 Å². The molecule has 2 rings (SSSR count). The second-order valence-electron chi connectivity index (χ2n) is 3.87. The minimum absolute atomic E-state index is 0.641. The van der Waals surface area contributed by atoms with Crippen molar-refractivity contribution in [1.29, 1.82) is 0 Å². The molecule has 1 nitrogen and oxygen atoms in total. The largest absolute Gasteiger partial charge is 0.298 e. The van der Waals surface area contributed by atoms with E-state index in [0.717, 1.165) is 36.7 Å². The van der Waals surface area contributed by atoms with Crippen molar-refractivity contribution < 1.29 is 4.79 Å². The van der Waals surface area contributed by atoms with Crippen LogP contribution in [0.25, 0.3) is 0 Å². The van der Waals surface area contributed by atoms with Gasteiger partial charge in [0.2, 0.25) is 0 Å². The molecule has 1 heteroatoms. The van der Waals surface area contributed by atoms with Crippen LogP contribution in [0.2, 0.25) is 0 Å². The first kappa shape index (κ1) is 8.56. The molecule has 0 saturated heterocycles. The Bertz CT molecular complexity index is 297. The molecule has 1 saturated carbocycles. The Balaban J connectivity index is 2.12. The van der Waals surface area contributed by atoms with Crippen LogP contribution in [0.15, 0.2) is 11.1 Å². The fourth-order valence-electron chi connectivity index (χ4n) is 1.62. The zero-order chi connectivity index (χ0) is 9.10. The Morgan fingerprint density at radius 2 is 2.00 bits per heavy atom. The molecule has 0 aromatic carbocycles. The average molecular weight is 174 g/mol. The van der Waals surface area contributed by atoms with E-state index in [1.807, 2.05) is 0 Å². The molecule has 68 valence electrons. The first-order valence-electron chi connectivity index (χ1n) is 5.09. The zero-order valence-electron chi connectivity index (χ0n) is 7.81. The molecule has 1 fully saturated rings. The number of hydrogen-bond donors (Lipinski definition) is 0. The van der Waals surface area contributed by atoms with Crippen molar-refractivity contribution in [2.24, 2.45) is 5.92 Å². The molecular formula is C12H14O. The van der Waals surface area contributed by atoms with Gasteiger partial charge in [0, 0.05) is 17.1 Å². The number of allylic oxidation sites excluding steroid dienone is 2. The molecule has 0 amide bonds. The normalized spacial score (nSPS) is 22.2. The van der Waals surface area contributed by atoms with E-state index in [4.69, 9.17) is 0 Å². The lowest BCUT2D eigenvalue weighted by Crippen LogP contribution is -1.99. The fourth-order valence-corrected chi connectivity index (χ4v) is 1.62. The Hall–Kier alpha value is -1.03. The highest BCUT2D eigenvalue weighted by Gasteiger charge is 2.18. The molecule has 0 spiro atoms. The molecule has 0 unspecified atom stereocenters. The van der Waals surface area contributed by atoms with Crippen LogP contribution in [0.5, 0.6) is 0 Å². The molecule has 13 heavy (non-hydrogen) atoms. The third kappa shape index (κ3) is 2.21. The monoisotopic (exact) mass is 174 g/mol. The summed E-state index contributed by atoms with van der Waals surface area (Å²) in [7, 11) is 0. The van der Waals surface area contributed by atoms with Crippen molar-refractivity contribution in [3.63, 3.8) is 0 Å². The quantitative estimate of drug-likeness (QED) is 0.441. The summed E-state index contributed by atoms with van der Waals surface area (Å²) in [5.74, 6) is 7.05. The molecule has 0 N–H and O–H groups in total. The number of rotatable bonds is 1. The van der Waals surface area contributed by atoms with Gasteiger partial charge in [-0.3, -0.25) is 4.79 Å². The SMILES string of the molecule is O=CC1=C(C#CC2CC2)CCCC1. The van der Waals surface area contributed by atoms with Crippen molar-refractivity contribution in [3.8, 4) is 11.8 Å². The second-order valence-corrected chi connectivity index (χ2v) is 3.87. The molecule has 0 aromatic heterocycles. The van der Waals surface area contributed by atoms with Gasteiger partial charge in [-0.25, -0.2) is 0 Å². The molecule has 2 aliphatic carbocycles. The number of hydrogen-bond acceptors (Lipinski definition) is 1. The predicted molar refractivity (Wildman–Crippen MR) is 52.1 cm³/mol. The third-order valence-electron chi connectivity index (χ3n) is 2.66. The summed E-state index contributed by atoms with van der Waals surface area (Å²) in [4.78, 5) is 10.7. The summed E-state index contributed by atoms with van der Waals surface area (Å²) in [5, 5.41) is 0. The minimum Gasteiger partial charge on any atom is -0.298 e. The van der Waals surface area contributed by atoms with E-state index in [1.165, 1.54) is 19.3 Å². The molecular weight excluding hydrogens is 160 g/mol. The van der Waals surface area contributed by atoms with E-state index in [0.29, 0.717) is 5.92 Å². The van der Waals surface area contributed by atoms with Crippen LogP contribution in [0.3, 0.4) is 0 Å². The van der Waals surface area contributed by atoms with Crippen LogP contribution in [0.4, 0.5) is 0 Å². The highest BCUT2D eigenvalue weighted by Crippen LogP contribution is 2.28. The Labute approximate surface area is 79.2 Å². The summed E-state index contributed by atoms with van der Waals surface area (Å²) < 4.78 is 0. The molecule has 2 aliphatic rings. The number of carbonyl (C=O) groups excluding carboxylic acids is 1. The van der Waals surface area contributed by atoms with Gasteiger partial charge in [0.1, 0.15) is 6.29 Å². The topological polar surface area (TPSA) is 17.1 Å². The average Bonchev–Trinajstić information content (AvgIpc) is 2.99. The first-order valence-corrected chi connectivity index (χ1v) is 5.09. The maximum Gasteiger partial charge on any atom is 0.146 e. The summed E-state index contributed by atoms with van der Waals surface area (Å²) in [6.07, 6.45) is 7.84. The van der Waals surface area contributed by atoms with E-state index < -0.39 is 0 Å². The van der Waals surface area contributed by atoms with E-state index in [-0.39, 0.29) is 0 Å². The highest BCUT2D eigenvalue weighted by atomic mass is 16.1. The maximum absolute atomic E-state index is 10.7. The molecule has 0 aliphatic heterocycles. The molecule has 0 bridgehead atoms. The van der Waals surface area contributed by atoms with Crippen molar-refractivity contribution in [2.45, 2.75) is 38.5 Å². The summed E-state index contributed by atoms with van der Waals surface area (Å²) in [6, 6.07) is 0. The van der Waals surface area contributed by atoms with Crippen LogP contribution in [-0.2, 0) is 4.79 Å². The summed E-state index contributed by atoms with van der Waals surface area (Å²) in [5.41, 5.74) is 2.08. The smallest absolute Gasteiger partial charge is 0.146 e. The molecule has 0 atom stereocenters. The van der Waals surface area contributed by atoms with Gasteiger partial charge in [-0.05, 0) is 38.5 Å². The Morgan fingerprint density at radius 3 is 2.69 bits per heavy atom. The Kier molecular flexibility index (Phi) is 2.49. The highest BCUT2D eigenvalue weighted by molar-refractivity contribution is 5.76. The number of carbonyl (C=O) groups is 1. The van der Waals surface area contributed by atoms with Crippen LogP contribution in [0.1, 0.15) is 38.5 Å². The van der Waals surface area contributed by atoms with Gasteiger partial charge in [0.25, 0.3) is 0 Å². The van der Waals surface area contributed by atoms with Crippen LogP contribution < -0.4 is 0 Å². The molecule has 0 aromatic rings. The second kappa shape index (κ2) is 3.79. The predicted octanol–water partition coefficient (Wildman–Crippen LogP) is 2.47. The summed E-state index contributed by atoms with van der Waals surface area (Å²) in [6.45, 7) is 0. The van der Waals surface area contributed by atoms with E-state index >= 15 is 0 Å². The van der Waals surface area contributed by atoms with Crippen molar-refractivity contribution >= 4 is 6.29 Å². The maximum atomic E-state index is 10.7. The Morgan fingerprint density at radius 1 is 1.23 bits per heavy atom. The van der Waals surface area contributed by atoms with Gasteiger partial charge in [-0.2, -0.15) is 0 Å². The third-order valence-corrected chi connectivity index (χ3v) is 2.66. The fraction of sp³-hybridized carbons (Fsp3) is 0.583. The minimum atomic E-state index is 0.641. The van der Waals surface area contributed by atoms with Crippen LogP contribution in [0, 0.1) is 17.8 Å². The van der Waals surface area contributed by atoms with E-state index in [9.17, 15) is 4.79 Å². The van der Waals surface area contributed by atoms with Crippen molar-refractivity contribution in [1.82, 2.24) is 0 Å². The van der Waals surface area contributed by atoms with E-state index in [1.54, 1.807) is 0 Å². The first-order chi connectivity index (χ1) is 6.40. The van der Waals surface area contributed by atoms with Gasteiger partial charge in [-0.15, -0.1) is 0 Å². The summed E-state index contributed by atoms with van der Waals surface area (Å²) >= 11 is 0. The van der Waals surface area contributed by atoms with Crippen LogP contribution >= 0.6 is 0 Å². The zero-order valence-corrected chi connectivity index (χ0v) is 7.81. The van der Waals surface area contributed by atoms with E-state index in [2.05, 4.69) is 11.8 Å². The lowest BCUT2D eigenvalue weighted by molar-refractivity contribution is -0.105. The van der Waals surface area contributed by atoms with Crippen LogP contribution in [-0.4, -0.2) is 6.29 Å². The van der Waals surface area contributed by atoms with Gasteiger partial charge in [0.05, 0.1) is 0 Å². The van der Waals surface area contributed by atoms with Gasteiger partial charge < -0.3 is 0 Å². The number of aldehydes is 1. The molecule has 0 heterocycles.